The number of nitrogens with zero attached hydrogens (tertiary/aromatic N) is 1. The Bertz CT molecular complexity index is 598. The molecule has 0 bridgehead atoms. The summed E-state index contributed by atoms with van der Waals surface area (Å²) >= 11 is 5.75. The van der Waals surface area contributed by atoms with Crippen molar-refractivity contribution in [3.8, 4) is 0 Å². The SMILES string of the molecule is Nc1c(C(=O)O)cc2cc(Cl)ccc2[n+]1[O-]. The van der Waals surface area contributed by atoms with Crippen LogP contribution in [0, 0.1) is 5.21 Å². The van der Waals surface area contributed by atoms with Gasteiger partial charge in [0.05, 0.1) is 0 Å². The van der Waals surface area contributed by atoms with E-state index in [0.29, 0.717) is 15.1 Å². The molecule has 16 heavy (non-hydrogen) atoms. The molecule has 0 aliphatic rings. The lowest BCUT2D eigenvalue weighted by Gasteiger charge is -2.11. The van der Waals surface area contributed by atoms with Crippen molar-refractivity contribution >= 4 is 34.3 Å². The van der Waals surface area contributed by atoms with E-state index in [1.165, 1.54) is 24.3 Å². The molecule has 0 amide bonds. The van der Waals surface area contributed by atoms with E-state index >= 15 is 0 Å². The summed E-state index contributed by atoms with van der Waals surface area (Å²) in [5.41, 5.74) is 5.48. The topological polar surface area (TPSA) is 90.3 Å². The second kappa shape index (κ2) is 3.53. The maximum atomic E-state index is 11.7. The maximum Gasteiger partial charge on any atom is 0.344 e. The quantitative estimate of drug-likeness (QED) is 0.581. The van der Waals surface area contributed by atoms with Crippen LogP contribution in [0.15, 0.2) is 24.3 Å². The van der Waals surface area contributed by atoms with Gasteiger partial charge in [-0.3, -0.25) is 5.73 Å². The van der Waals surface area contributed by atoms with E-state index in [0.717, 1.165) is 0 Å². The largest absolute Gasteiger partial charge is 0.710 e. The number of hydrogen-bond acceptors (Lipinski definition) is 3. The van der Waals surface area contributed by atoms with Gasteiger partial charge in [0, 0.05) is 10.4 Å². The third-order valence-electron chi connectivity index (χ3n) is 2.23. The van der Waals surface area contributed by atoms with Gasteiger partial charge in [0.2, 0.25) is 0 Å². The molecule has 5 nitrogen and oxygen atoms in total. The van der Waals surface area contributed by atoms with Crippen molar-refractivity contribution < 1.29 is 14.6 Å². The van der Waals surface area contributed by atoms with Gasteiger partial charge in [-0.1, -0.05) is 11.6 Å². The zero-order valence-corrected chi connectivity index (χ0v) is 8.73. The second-order valence-electron chi connectivity index (χ2n) is 3.25. The molecule has 1 heterocycles. The summed E-state index contributed by atoms with van der Waals surface area (Å²) in [5.74, 6) is -1.58. The van der Waals surface area contributed by atoms with E-state index in [2.05, 4.69) is 0 Å². The summed E-state index contributed by atoms with van der Waals surface area (Å²) in [6.45, 7) is 0. The molecule has 0 saturated carbocycles. The van der Waals surface area contributed by atoms with E-state index in [4.69, 9.17) is 22.4 Å². The lowest BCUT2D eigenvalue weighted by molar-refractivity contribution is -0.561. The number of halogens is 1. The van der Waals surface area contributed by atoms with Crippen LogP contribution in [-0.2, 0) is 0 Å². The molecule has 0 radical (unpaired) electrons. The van der Waals surface area contributed by atoms with Gasteiger partial charge in [0.15, 0.2) is 0 Å². The first-order chi connectivity index (χ1) is 7.50. The Morgan fingerprint density at radius 2 is 2.12 bits per heavy atom. The third kappa shape index (κ3) is 1.51. The van der Waals surface area contributed by atoms with Crippen LogP contribution in [0.3, 0.4) is 0 Å². The minimum atomic E-state index is -1.25. The molecule has 0 unspecified atom stereocenters. The molecule has 1 aromatic carbocycles. The normalized spacial score (nSPS) is 10.6. The number of rotatable bonds is 1. The van der Waals surface area contributed by atoms with Gasteiger partial charge in [-0.2, -0.15) is 0 Å². The van der Waals surface area contributed by atoms with Crippen molar-refractivity contribution in [2.24, 2.45) is 0 Å². The van der Waals surface area contributed by atoms with Gasteiger partial charge in [-0.05, 0) is 24.3 Å². The number of aromatic nitrogens is 1. The molecule has 1 aromatic heterocycles. The average molecular weight is 239 g/mol. The Labute approximate surface area is 95.3 Å². The van der Waals surface area contributed by atoms with Gasteiger partial charge in [0.1, 0.15) is 11.1 Å². The van der Waals surface area contributed by atoms with Crippen molar-refractivity contribution in [1.82, 2.24) is 0 Å². The molecular weight excluding hydrogens is 232 g/mol. The predicted molar refractivity (Wildman–Crippen MR) is 59.3 cm³/mol. The summed E-state index contributed by atoms with van der Waals surface area (Å²) in [4.78, 5) is 10.8. The molecule has 3 N–H and O–H groups in total. The molecule has 0 atom stereocenters. The van der Waals surface area contributed by atoms with Crippen LogP contribution in [0.1, 0.15) is 10.4 Å². The molecule has 2 aromatic rings. The zero-order valence-electron chi connectivity index (χ0n) is 7.98. The Balaban J connectivity index is 2.88. The van der Waals surface area contributed by atoms with Crippen molar-refractivity contribution in [2.45, 2.75) is 0 Å². The number of nitrogen functional groups attached to an aromatic ring is 1. The Morgan fingerprint density at radius 1 is 1.44 bits per heavy atom. The minimum Gasteiger partial charge on any atom is -0.710 e. The summed E-state index contributed by atoms with van der Waals surface area (Å²) < 4.78 is 0.384. The molecule has 0 aliphatic carbocycles. The van der Waals surface area contributed by atoms with Crippen LogP contribution < -0.4 is 10.5 Å². The number of benzene rings is 1. The van der Waals surface area contributed by atoms with Crippen LogP contribution in [0.5, 0.6) is 0 Å². The number of aromatic carboxylic acids is 1. The van der Waals surface area contributed by atoms with Crippen LogP contribution >= 0.6 is 11.6 Å². The number of carbonyl (C=O) groups is 1. The van der Waals surface area contributed by atoms with Crippen LogP contribution in [-0.4, -0.2) is 11.1 Å². The first-order valence-corrected chi connectivity index (χ1v) is 4.73. The van der Waals surface area contributed by atoms with Crippen molar-refractivity contribution in [3.63, 3.8) is 0 Å². The van der Waals surface area contributed by atoms with Crippen molar-refractivity contribution in [1.29, 1.82) is 0 Å². The van der Waals surface area contributed by atoms with Crippen molar-refractivity contribution in [2.75, 3.05) is 5.73 Å². The molecule has 0 aliphatic heterocycles. The lowest BCUT2D eigenvalue weighted by atomic mass is 10.1. The van der Waals surface area contributed by atoms with Crippen LogP contribution in [0.4, 0.5) is 5.82 Å². The Hall–Kier alpha value is -2.01. The number of anilines is 1. The molecular formula is C10H7ClN2O3. The highest BCUT2D eigenvalue weighted by atomic mass is 35.5. The van der Waals surface area contributed by atoms with Crippen LogP contribution in [0.25, 0.3) is 10.9 Å². The zero-order chi connectivity index (χ0) is 11.9. The average Bonchev–Trinajstić information content (AvgIpc) is 2.22. The number of nitrogens with two attached hydrogens (primary N) is 1. The molecule has 2 rings (SSSR count). The Morgan fingerprint density at radius 3 is 2.75 bits per heavy atom. The van der Waals surface area contributed by atoms with Crippen LogP contribution in [0.2, 0.25) is 5.02 Å². The number of hydrogen-bond donors (Lipinski definition) is 2. The minimum absolute atomic E-state index is 0.232. The molecule has 0 saturated heterocycles. The van der Waals surface area contributed by atoms with E-state index < -0.39 is 5.97 Å². The fourth-order valence-corrected chi connectivity index (χ4v) is 1.65. The summed E-state index contributed by atoms with van der Waals surface area (Å²) in [6, 6.07) is 5.87. The highest BCUT2D eigenvalue weighted by molar-refractivity contribution is 6.31. The second-order valence-corrected chi connectivity index (χ2v) is 3.68. The van der Waals surface area contributed by atoms with Gasteiger partial charge in [-0.25, -0.2) is 9.52 Å². The van der Waals surface area contributed by atoms with E-state index in [1.807, 2.05) is 0 Å². The molecule has 0 fully saturated rings. The monoisotopic (exact) mass is 238 g/mol. The summed E-state index contributed by atoms with van der Waals surface area (Å²) in [6.07, 6.45) is 0. The van der Waals surface area contributed by atoms with Gasteiger partial charge < -0.3 is 10.3 Å². The lowest BCUT2D eigenvalue weighted by Crippen LogP contribution is -2.33. The van der Waals surface area contributed by atoms with Gasteiger partial charge in [-0.15, -0.1) is 0 Å². The number of carboxylic acids is 1. The fourth-order valence-electron chi connectivity index (χ4n) is 1.47. The molecule has 6 heteroatoms. The third-order valence-corrected chi connectivity index (χ3v) is 2.47. The van der Waals surface area contributed by atoms with E-state index in [-0.39, 0.29) is 16.9 Å². The number of fused-ring (bicyclic) bond motifs is 1. The maximum absolute atomic E-state index is 11.7. The molecule has 0 spiro atoms. The van der Waals surface area contributed by atoms with E-state index in [1.54, 1.807) is 0 Å². The first-order valence-electron chi connectivity index (χ1n) is 4.35. The van der Waals surface area contributed by atoms with E-state index in [9.17, 15) is 10.0 Å². The van der Waals surface area contributed by atoms with Gasteiger partial charge >= 0.3 is 5.97 Å². The smallest absolute Gasteiger partial charge is 0.344 e. The summed E-state index contributed by atoms with van der Waals surface area (Å²) in [5, 5.41) is 21.4. The van der Waals surface area contributed by atoms with Gasteiger partial charge in [0.25, 0.3) is 5.82 Å². The molecule has 82 valence electrons. The summed E-state index contributed by atoms with van der Waals surface area (Å²) in [7, 11) is 0. The number of carboxylic acid groups (broad SMARTS) is 1. The van der Waals surface area contributed by atoms with Crippen molar-refractivity contribution in [3.05, 3.63) is 40.1 Å². The Kier molecular flexibility index (Phi) is 2.32. The standard InChI is InChI=1S/C10H7ClN2O3/c11-6-1-2-8-5(3-6)4-7(10(14)15)9(12)13(8)16/h1-4H,12H2,(H,14,15). The highest BCUT2D eigenvalue weighted by Crippen LogP contribution is 2.20. The highest BCUT2D eigenvalue weighted by Gasteiger charge is 2.17. The number of pyridine rings is 1. The fraction of sp³-hybridized carbons (Fsp3) is 0. The predicted octanol–water partition coefficient (Wildman–Crippen LogP) is 1.41. The first kappa shape index (κ1) is 10.5.